The van der Waals surface area contributed by atoms with Crippen LogP contribution in [0.1, 0.15) is 6.92 Å². The Kier molecular flexibility index (Phi) is 5.76. The molecule has 1 heterocycles. The van der Waals surface area contributed by atoms with E-state index in [4.69, 9.17) is 4.74 Å². The van der Waals surface area contributed by atoms with Crippen LogP contribution in [0, 0.1) is 5.82 Å². The minimum Gasteiger partial charge on any atom is -0.481 e. The number of piperazine rings is 1. The van der Waals surface area contributed by atoms with E-state index in [9.17, 15) is 17.6 Å². The van der Waals surface area contributed by atoms with Crippen molar-refractivity contribution >= 4 is 15.9 Å². The van der Waals surface area contributed by atoms with Crippen molar-refractivity contribution in [1.29, 1.82) is 0 Å². The van der Waals surface area contributed by atoms with Gasteiger partial charge in [0.25, 0.3) is 5.91 Å². The quantitative estimate of drug-likeness (QED) is 0.782. The van der Waals surface area contributed by atoms with Crippen molar-refractivity contribution in [1.82, 2.24) is 9.21 Å². The van der Waals surface area contributed by atoms with Crippen molar-refractivity contribution in [2.45, 2.75) is 17.9 Å². The molecule has 1 saturated heterocycles. The van der Waals surface area contributed by atoms with Gasteiger partial charge < -0.3 is 9.64 Å². The molecule has 0 aromatic heterocycles. The van der Waals surface area contributed by atoms with Crippen LogP contribution in [0.25, 0.3) is 0 Å². The van der Waals surface area contributed by atoms with Crippen LogP contribution < -0.4 is 4.74 Å². The van der Waals surface area contributed by atoms with Crippen molar-refractivity contribution in [3.63, 3.8) is 0 Å². The first kappa shape index (κ1) is 19.3. The molecule has 0 unspecified atom stereocenters. The van der Waals surface area contributed by atoms with Gasteiger partial charge in [0.2, 0.25) is 10.0 Å². The van der Waals surface area contributed by atoms with Crippen LogP contribution in [0.5, 0.6) is 5.75 Å². The molecule has 0 saturated carbocycles. The summed E-state index contributed by atoms with van der Waals surface area (Å²) in [6.07, 6.45) is -0.743. The molecule has 27 heavy (non-hydrogen) atoms. The smallest absolute Gasteiger partial charge is 0.263 e. The fourth-order valence-electron chi connectivity index (χ4n) is 2.92. The first-order chi connectivity index (χ1) is 12.9. The molecular formula is C19H21FN2O4S. The van der Waals surface area contributed by atoms with Gasteiger partial charge in [-0.1, -0.05) is 18.2 Å². The summed E-state index contributed by atoms with van der Waals surface area (Å²) in [5.74, 6) is -0.198. The van der Waals surface area contributed by atoms with Gasteiger partial charge in [-0.15, -0.1) is 0 Å². The Labute approximate surface area is 158 Å². The van der Waals surface area contributed by atoms with E-state index in [0.29, 0.717) is 18.8 Å². The molecule has 2 aromatic carbocycles. The van der Waals surface area contributed by atoms with Gasteiger partial charge in [0.05, 0.1) is 4.90 Å². The number of carbonyl (C=O) groups is 1. The van der Waals surface area contributed by atoms with E-state index in [1.54, 1.807) is 42.2 Å². The number of sulfonamides is 1. The lowest BCUT2D eigenvalue weighted by molar-refractivity contribution is -0.139. The Hall–Kier alpha value is -2.45. The summed E-state index contributed by atoms with van der Waals surface area (Å²) in [4.78, 5) is 14.4. The van der Waals surface area contributed by atoms with Gasteiger partial charge in [-0.3, -0.25) is 4.79 Å². The van der Waals surface area contributed by atoms with E-state index < -0.39 is 16.1 Å². The van der Waals surface area contributed by atoms with E-state index in [0.717, 1.165) is 0 Å². The van der Waals surface area contributed by atoms with E-state index >= 15 is 0 Å². The summed E-state index contributed by atoms with van der Waals surface area (Å²) < 4.78 is 45.2. The summed E-state index contributed by atoms with van der Waals surface area (Å²) in [7, 11) is -3.56. The molecule has 8 heteroatoms. The second kappa shape index (κ2) is 8.06. The van der Waals surface area contributed by atoms with Crippen LogP contribution in [-0.2, 0) is 14.8 Å². The van der Waals surface area contributed by atoms with Crippen LogP contribution >= 0.6 is 0 Å². The molecule has 0 spiro atoms. The number of nitrogens with zero attached hydrogens (tertiary/aromatic N) is 2. The summed E-state index contributed by atoms with van der Waals surface area (Å²) >= 11 is 0. The number of amides is 1. The molecule has 2 aromatic rings. The summed E-state index contributed by atoms with van der Waals surface area (Å²) in [6, 6.07) is 13.7. The highest BCUT2D eigenvalue weighted by molar-refractivity contribution is 7.89. The molecule has 6 nitrogen and oxygen atoms in total. The van der Waals surface area contributed by atoms with Crippen LogP contribution in [0.2, 0.25) is 0 Å². The van der Waals surface area contributed by atoms with Gasteiger partial charge in [0, 0.05) is 26.2 Å². The highest BCUT2D eigenvalue weighted by atomic mass is 32.2. The fourth-order valence-corrected chi connectivity index (χ4v) is 4.36. The van der Waals surface area contributed by atoms with Crippen LogP contribution in [0.4, 0.5) is 4.39 Å². The third-order valence-corrected chi connectivity index (χ3v) is 6.32. The van der Waals surface area contributed by atoms with Gasteiger partial charge >= 0.3 is 0 Å². The Morgan fingerprint density at radius 1 is 1.00 bits per heavy atom. The van der Waals surface area contributed by atoms with E-state index in [1.165, 1.54) is 28.6 Å². The van der Waals surface area contributed by atoms with Gasteiger partial charge in [-0.2, -0.15) is 4.31 Å². The standard InChI is InChI=1S/C19H21FN2O4S/c1-15(26-17-9-7-16(20)8-10-17)19(23)21-11-13-22(14-12-21)27(24,25)18-5-3-2-4-6-18/h2-10,15H,11-14H2,1H3/t15-/m0/s1. The molecule has 1 aliphatic heterocycles. The maximum absolute atomic E-state index is 12.9. The Morgan fingerprint density at radius 2 is 1.59 bits per heavy atom. The predicted octanol–water partition coefficient (Wildman–Crippen LogP) is 2.13. The number of rotatable bonds is 5. The molecule has 144 valence electrons. The van der Waals surface area contributed by atoms with Crippen LogP contribution in [-0.4, -0.2) is 55.8 Å². The molecule has 1 fully saturated rings. The zero-order valence-electron chi connectivity index (χ0n) is 14.9. The number of hydrogen-bond acceptors (Lipinski definition) is 4. The minimum atomic E-state index is -3.56. The predicted molar refractivity (Wildman–Crippen MR) is 98.3 cm³/mol. The van der Waals surface area contributed by atoms with Gasteiger partial charge in [-0.25, -0.2) is 12.8 Å². The summed E-state index contributed by atoms with van der Waals surface area (Å²) in [5.41, 5.74) is 0. The second-order valence-electron chi connectivity index (χ2n) is 6.26. The van der Waals surface area contributed by atoms with Crippen molar-refractivity contribution < 1.29 is 22.3 Å². The first-order valence-electron chi connectivity index (χ1n) is 8.64. The van der Waals surface area contributed by atoms with E-state index in [2.05, 4.69) is 0 Å². The number of benzene rings is 2. The molecule has 0 aliphatic carbocycles. The molecule has 1 amide bonds. The summed E-state index contributed by atoms with van der Waals surface area (Å²) in [6.45, 7) is 2.67. The molecule has 3 rings (SSSR count). The Morgan fingerprint density at radius 3 is 2.19 bits per heavy atom. The molecule has 1 aliphatic rings. The molecule has 0 N–H and O–H groups in total. The number of ether oxygens (including phenoxy) is 1. The molecule has 0 radical (unpaired) electrons. The average molecular weight is 392 g/mol. The SMILES string of the molecule is C[C@H](Oc1ccc(F)cc1)C(=O)N1CCN(S(=O)(=O)c2ccccc2)CC1. The zero-order chi connectivity index (χ0) is 19.4. The lowest BCUT2D eigenvalue weighted by Crippen LogP contribution is -2.53. The Balaban J connectivity index is 1.58. The lowest BCUT2D eigenvalue weighted by atomic mass is 10.2. The van der Waals surface area contributed by atoms with Gasteiger partial charge in [0.15, 0.2) is 6.10 Å². The van der Waals surface area contributed by atoms with Crippen LogP contribution in [0.15, 0.2) is 59.5 Å². The highest BCUT2D eigenvalue weighted by Crippen LogP contribution is 2.18. The first-order valence-corrected chi connectivity index (χ1v) is 10.1. The topological polar surface area (TPSA) is 66.9 Å². The van der Waals surface area contributed by atoms with Gasteiger partial charge in [-0.05, 0) is 43.3 Å². The average Bonchev–Trinajstić information content (AvgIpc) is 2.70. The number of halogens is 1. The molecule has 1 atom stereocenters. The number of hydrogen-bond donors (Lipinski definition) is 0. The van der Waals surface area contributed by atoms with E-state index in [1.807, 2.05) is 0 Å². The highest BCUT2D eigenvalue weighted by Gasteiger charge is 2.31. The van der Waals surface area contributed by atoms with Crippen molar-refractivity contribution in [2.75, 3.05) is 26.2 Å². The van der Waals surface area contributed by atoms with E-state index in [-0.39, 0.29) is 29.7 Å². The third kappa shape index (κ3) is 4.45. The normalized spacial score (nSPS) is 16.7. The maximum atomic E-state index is 12.9. The maximum Gasteiger partial charge on any atom is 0.263 e. The Bertz CT molecular complexity index is 880. The van der Waals surface area contributed by atoms with Gasteiger partial charge in [0.1, 0.15) is 11.6 Å². The van der Waals surface area contributed by atoms with Crippen molar-refractivity contribution in [3.8, 4) is 5.75 Å². The molecular weight excluding hydrogens is 371 g/mol. The third-order valence-electron chi connectivity index (χ3n) is 4.41. The zero-order valence-corrected chi connectivity index (χ0v) is 15.7. The largest absolute Gasteiger partial charge is 0.481 e. The minimum absolute atomic E-state index is 0.226. The summed E-state index contributed by atoms with van der Waals surface area (Å²) in [5, 5.41) is 0. The van der Waals surface area contributed by atoms with Crippen molar-refractivity contribution in [2.24, 2.45) is 0 Å². The fraction of sp³-hybridized carbons (Fsp3) is 0.316. The molecule has 0 bridgehead atoms. The second-order valence-corrected chi connectivity index (χ2v) is 8.19. The van der Waals surface area contributed by atoms with Crippen LogP contribution in [0.3, 0.4) is 0 Å². The lowest BCUT2D eigenvalue weighted by Gasteiger charge is -2.35. The van der Waals surface area contributed by atoms with Crippen molar-refractivity contribution in [3.05, 3.63) is 60.4 Å². The number of carbonyl (C=O) groups excluding carboxylic acids is 1. The monoisotopic (exact) mass is 392 g/mol.